The number of likely N-dealkylation sites (tertiary alicyclic amines) is 1. The van der Waals surface area contributed by atoms with Crippen LogP contribution in [0.4, 0.5) is 0 Å². The maximum Gasteiger partial charge on any atom is 0.230 e. The molecule has 4 atom stereocenters. The summed E-state index contributed by atoms with van der Waals surface area (Å²) >= 11 is 0. The number of carbonyl (C=O) groups is 2. The standard InChI is InChI=1S/C25H27N3O3/c1-16-7-8-18(12-17(16)2)13-28-15-25-10-9-20(31-25)21(22(25)24(28)30)23(29)27(3)14-19-6-4-5-11-26-19/h4-12,20-22H,13-15H2,1-3H3/t20-,21-,22-,25-/m0/s1. The van der Waals surface area contributed by atoms with Gasteiger partial charge in [0, 0.05) is 19.8 Å². The predicted octanol–water partition coefficient (Wildman–Crippen LogP) is 2.64. The lowest BCUT2D eigenvalue weighted by Gasteiger charge is -2.27. The second-order valence-corrected chi connectivity index (χ2v) is 9.03. The van der Waals surface area contributed by atoms with Crippen molar-refractivity contribution in [1.29, 1.82) is 0 Å². The highest BCUT2D eigenvalue weighted by Gasteiger charge is 2.67. The number of aryl methyl sites for hydroxylation is 2. The average Bonchev–Trinajstić information content (AvgIpc) is 3.39. The smallest absolute Gasteiger partial charge is 0.230 e. The molecule has 160 valence electrons. The van der Waals surface area contributed by atoms with Gasteiger partial charge >= 0.3 is 0 Å². The Labute approximate surface area is 182 Å². The monoisotopic (exact) mass is 417 g/mol. The van der Waals surface area contributed by atoms with Crippen molar-refractivity contribution in [2.75, 3.05) is 13.6 Å². The summed E-state index contributed by atoms with van der Waals surface area (Å²) in [5, 5.41) is 0. The first-order chi connectivity index (χ1) is 14.9. The molecule has 31 heavy (non-hydrogen) atoms. The number of aromatic nitrogens is 1. The Morgan fingerprint density at radius 3 is 2.84 bits per heavy atom. The molecule has 0 N–H and O–H groups in total. The van der Waals surface area contributed by atoms with Crippen LogP contribution in [0.1, 0.15) is 22.4 Å². The third kappa shape index (κ3) is 3.26. The van der Waals surface area contributed by atoms with Gasteiger partial charge in [0.05, 0.1) is 36.7 Å². The van der Waals surface area contributed by atoms with E-state index in [2.05, 4.69) is 37.0 Å². The SMILES string of the molecule is Cc1ccc(CN2C[C@]34C=C[C@H](O3)[C@H](C(=O)N(C)Cc3ccccn3)[C@H]4C2=O)cc1C. The van der Waals surface area contributed by atoms with E-state index in [1.165, 1.54) is 11.1 Å². The van der Waals surface area contributed by atoms with E-state index >= 15 is 0 Å². The van der Waals surface area contributed by atoms with Gasteiger partial charge in [0.15, 0.2) is 0 Å². The molecule has 0 unspecified atom stereocenters. The first-order valence-electron chi connectivity index (χ1n) is 10.7. The zero-order chi connectivity index (χ0) is 21.8. The van der Waals surface area contributed by atoms with Gasteiger partial charge in [0.25, 0.3) is 0 Å². The Morgan fingerprint density at radius 1 is 1.26 bits per heavy atom. The van der Waals surface area contributed by atoms with Gasteiger partial charge in [-0.15, -0.1) is 0 Å². The molecule has 0 saturated carbocycles. The molecular formula is C25H27N3O3. The van der Waals surface area contributed by atoms with Gasteiger partial charge in [-0.1, -0.05) is 36.4 Å². The third-order valence-electron chi connectivity index (χ3n) is 6.91. The van der Waals surface area contributed by atoms with Gasteiger partial charge in [0.1, 0.15) is 5.60 Å². The van der Waals surface area contributed by atoms with Gasteiger partial charge in [0.2, 0.25) is 11.8 Å². The molecular weight excluding hydrogens is 390 g/mol. The van der Waals surface area contributed by atoms with Crippen LogP contribution in [-0.4, -0.2) is 51.9 Å². The maximum atomic E-state index is 13.5. The van der Waals surface area contributed by atoms with Crippen molar-refractivity contribution in [3.8, 4) is 0 Å². The largest absolute Gasteiger partial charge is 0.360 e. The average molecular weight is 418 g/mol. The van der Waals surface area contributed by atoms with Crippen LogP contribution in [0.5, 0.6) is 0 Å². The fraction of sp³-hybridized carbons (Fsp3) is 0.400. The number of nitrogens with zero attached hydrogens (tertiary/aromatic N) is 3. The van der Waals surface area contributed by atoms with Crippen LogP contribution in [0.15, 0.2) is 54.7 Å². The van der Waals surface area contributed by atoms with E-state index in [4.69, 9.17) is 4.74 Å². The fourth-order valence-corrected chi connectivity index (χ4v) is 5.18. The van der Waals surface area contributed by atoms with E-state index in [0.717, 1.165) is 11.3 Å². The van der Waals surface area contributed by atoms with Gasteiger partial charge in [-0.25, -0.2) is 0 Å². The number of amides is 2. The molecule has 1 spiro atoms. The van der Waals surface area contributed by atoms with Crippen molar-refractivity contribution in [2.45, 2.75) is 38.6 Å². The van der Waals surface area contributed by atoms with Crippen LogP contribution in [0.25, 0.3) is 0 Å². The van der Waals surface area contributed by atoms with Crippen LogP contribution in [0.2, 0.25) is 0 Å². The first kappa shape index (κ1) is 19.9. The summed E-state index contributed by atoms with van der Waals surface area (Å²) < 4.78 is 6.26. The number of benzene rings is 1. The predicted molar refractivity (Wildman–Crippen MR) is 116 cm³/mol. The molecule has 2 bridgehead atoms. The number of hydrogen-bond acceptors (Lipinski definition) is 4. The van der Waals surface area contributed by atoms with Gasteiger partial charge < -0.3 is 14.5 Å². The van der Waals surface area contributed by atoms with Crippen molar-refractivity contribution in [1.82, 2.24) is 14.8 Å². The second-order valence-electron chi connectivity index (χ2n) is 9.03. The van der Waals surface area contributed by atoms with Crippen LogP contribution < -0.4 is 0 Å². The number of fused-ring (bicyclic) bond motifs is 1. The van der Waals surface area contributed by atoms with Gasteiger partial charge in [-0.05, 0) is 42.7 Å². The van der Waals surface area contributed by atoms with Crippen molar-refractivity contribution < 1.29 is 14.3 Å². The maximum absolute atomic E-state index is 13.5. The molecule has 0 radical (unpaired) electrons. The van der Waals surface area contributed by atoms with E-state index in [0.29, 0.717) is 19.6 Å². The Hall–Kier alpha value is -2.99. The van der Waals surface area contributed by atoms with E-state index in [-0.39, 0.29) is 17.9 Å². The molecule has 5 rings (SSSR count). The number of ether oxygens (including phenoxy) is 1. The molecule has 3 aliphatic rings. The van der Waals surface area contributed by atoms with Crippen molar-refractivity contribution in [3.05, 3.63) is 77.1 Å². The third-order valence-corrected chi connectivity index (χ3v) is 6.91. The Morgan fingerprint density at radius 2 is 2.10 bits per heavy atom. The number of pyridine rings is 1. The van der Waals surface area contributed by atoms with Crippen LogP contribution >= 0.6 is 0 Å². The summed E-state index contributed by atoms with van der Waals surface area (Å²) in [7, 11) is 1.77. The molecule has 2 fully saturated rings. The molecule has 2 saturated heterocycles. The second kappa shape index (κ2) is 7.31. The summed E-state index contributed by atoms with van der Waals surface area (Å²) in [6.45, 7) is 5.60. The highest BCUT2D eigenvalue weighted by atomic mass is 16.5. The molecule has 6 nitrogen and oxygen atoms in total. The molecule has 0 aliphatic carbocycles. The lowest BCUT2D eigenvalue weighted by molar-refractivity contribution is -0.142. The summed E-state index contributed by atoms with van der Waals surface area (Å²) in [5.74, 6) is -1.01. The number of rotatable bonds is 5. The molecule has 1 aromatic carbocycles. The summed E-state index contributed by atoms with van der Waals surface area (Å²) in [4.78, 5) is 34.7. The van der Waals surface area contributed by atoms with Gasteiger partial charge in [-0.2, -0.15) is 0 Å². The zero-order valence-electron chi connectivity index (χ0n) is 18.1. The lowest BCUT2D eigenvalue weighted by atomic mass is 9.76. The van der Waals surface area contributed by atoms with Crippen molar-refractivity contribution >= 4 is 11.8 Å². The summed E-state index contributed by atoms with van der Waals surface area (Å²) in [5.41, 5.74) is 3.68. The highest BCUT2D eigenvalue weighted by molar-refractivity contribution is 5.93. The fourth-order valence-electron chi connectivity index (χ4n) is 5.18. The highest BCUT2D eigenvalue weighted by Crippen LogP contribution is 2.52. The van der Waals surface area contributed by atoms with E-state index in [1.54, 1.807) is 18.1 Å². The zero-order valence-corrected chi connectivity index (χ0v) is 18.1. The minimum absolute atomic E-state index is 0.00895. The quantitative estimate of drug-likeness (QED) is 0.702. The normalized spacial score (nSPS) is 28.3. The van der Waals surface area contributed by atoms with Crippen LogP contribution in [0.3, 0.4) is 0 Å². The lowest BCUT2D eigenvalue weighted by Crippen LogP contribution is -2.44. The number of hydrogen-bond donors (Lipinski definition) is 0. The Kier molecular flexibility index (Phi) is 4.70. The number of carbonyl (C=O) groups excluding carboxylic acids is 2. The van der Waals surface area contributed by atoms with Crippen LogP contribution in [0, 0.1) is 25.7 Å². The minimum Gasteiger partial charge on any atom is -0.360 e. The molecule has 2 aromatic rings. The molecule has 4 heterocycles. The minimum atomic E-state index is -0.687. The summed E-state index contributed by atoms with van der Waals surface area (Å²) in [6, 6.07) is 11.9. The van der Waals surface area contributed by atoms with E-state index < -0.39 is 17.4 Å². The van der Waals surface area contributed by atoms with E-state index in [1.807, 2.05) is 35.3 Å². The Bertz CT molecular complexity index is 1070. The summed E-state index contributed by atoms with van der Waals surface area (Å²) in [6.07, 6.45) is 5.34. The molecule has 3 aliphatic heterocycles. The van der Waals surface area contributed by atoms with Crippen molar-refractivity contribution in [2.24, 2.45) is 11.8 Å². The topological polar surface area (TPSA) is 62.7 Å². The molecule has 6 heteroatoms. The first-order valence-corrected chi connectivity index (χ1v) is 10.7. The van der Waals surface area contributed by atoms with Crippen LogP contribution in [-0.2, 0) is 27.4 Å². The molecule has 1 aromatic heterocycles. The Balaban J connectivity index is 1.36. The van der Waals surface area contributed by atoms with E-state index in [9.17, 15) is 9.59 Å². The van der Waals surface area contributed by atoms with Gasteiger partial charge in [-0.3, -0.25) is 14.6 Å². The molecule has 2 amide bonds. The van der Waals surface area contributed by atoms with Crippen molar-refractivity contribution in [3.63, 3.8) is 0 Å².